The van der Waals surface area contributed by atoms with Crippen LogP contribution in [0.15, 0.2) is 0 Å². The minimum absolute atomic E-state index is 0. The largest absolute Gasteiger partial charge is 1.00 e. The summed E-state index contributed by atoms with van der Waals surface area (Å²) < 4.78 is 25.9. The molecule has 0 fully saturated rings. The van der Waals surface area contributed by atoms with E-state index in [4.69, 9.17) is 14.5 Å². The molecule has 0 aliphatic rings. The van der Waals surface area contributed by atoms with Crippen molar-refractivity contribution in [1.82, 2.24) is 0 Å². The number of carbonyl (C=O) groups is 1. The molecule has 8 heavy (non-hydrogen) atoms. The van der Waals surface area contributed by atoms with Crippen molar-refractivity contribution in [2.45, 2.75) is 0 Å². The zero-order valence-electron chi connectivity index (χ0n) is 3.99. The standard InChI is InChI=1S/CH2O5S.K/c2-1(3)7(4,5)6;/h(H,2,3)(H,4,5,6);/q;+1/p-1. The van der Waals surface area contributed by atoms with E-state index in [-0.39, 0.29) is 51.4 Å². The zero-order chi connectivity index (χ0) is 6.08. The maximum atomic E-state index is 9.22. The third-order valence-electron chi connectivity index (χ3n) is 0.211. The van der Waals surface area contributed by atoms with Gasteiger partial charge in [0.15, 0.2) is 5.30 Å². The van der Waals surface area contributed by atoms with Gasteiger partial charge in [0.2, 0.25) is 0 Å². The van der Waals surface area contributed by atoms with E-state index in [1.807, 2.05) is 0 Å². The van der Waals surface area contributed by atoms with E-state index in [2.05, 4.69) is 0 Å². The summed E-state index contributed by atoms with van der Waals surface area (Å²) in [4.78, 5) is 9.07. The molecule has 0 bridgehead atoms. The Balaban J connectivity index is 0. The van der Waals surface area contributed by atoms with Crippen molar-refractivity contribution in [3.05, 3.63) is 0 Å². The zero-order valence-corrected chi connectivity index (χ0v) is 7.93. The van der Waals surface area contributed by atoms with Gasteiger partial charge in [-0.3, -0.25) is 4.55 Å². The van der Waals surface area contributed by atoms with Gasteiger partial charge in [0.25, 0.3) is 0 Å². The Morgan fingerprint density at radius 2 is 1.62 bits per heavy atom. The van der Waals surface area contributed by atoms with Crippen LogP contribution in [-0.4, -0.2) is 18.3 Å². The molecule has 0 saturated heterocycles. The van der Waals surface area contributed by atoms with Crippen molar-refractivity contribution < 1.29 is 74.3 Å². The van der Waals surface area contributed by atoms with Crippen molar-refractivity contribution in [2.75, 3.05) is 0 Å². The van der Waals surface area contributed by atoms with E-state index in [1.165, 1.54) is 0 Å². The molecule has 5 nitrogen and oxygen atoms in total. The Morgan fingerprint density at radius 3 is 1.62 bits per heavy atom. The van der Waals surface area contributed by atoms with E-state index in [0.29, 0.717) is 0 Å². The molecule has 0 aromatic heterocycles. The number of rotatable bonds is 0. The van der Waals surface area contributed by atoms with Crippen LogP contribution in [-0.2, 0) is 10.1 Å². The molecule has 7 heteroatoms. The number of hydrogen-bond donors (Lipinski definition) is 1. The minimum atomic E-state index is -4.94. The SMILES string of the molecule is O=C([O-])S(=O)(=O)O.[K+]. The molecular formula is CHKO5S. The molecule has 0 spiro atoms. The van der Waals surface area contributed by atoms with E-state index in [1.54, 1.807) is 0 Å². The molecule has 0 radical (unpaired) electrons. The number of hydrogen-bond acceptors (Lipinski definition) is 4. The fourth-order valence-corrected chi connectivity index (χ4v) is 0. The second kappa shape index (κ2) is 3.93. The van der Waals surface area contributed by atoms with Crippen molar-refractivity contribution in [2.24, 2.45) is 0 Å². The van der Waals surface area contributed by atoms with E-state index in [9.17, 15) is 8.42 Å². The fraction of sp³-hybridized carbons (Fsp3) is 0. The van der Waals surface area contributed by atoms with Crippen LogP contribution in [0.3, 0.4) is 0 Å². The first-order valence-corrected chi connectivity index (χ1v) is 2.57. The monoisotopic (exact) mass is 164 g/mol. The first-order chi connectivity index (χ1) is 2.94. The summed E-state index contributed by atoms with van der Waals surface area (Å²) in [5, 5.41) is 6.59. The fourth-order valence-electron chi connectivity index (χ4n) is 0. The van der Waals surface area contributed by atoms with Gasteiger partial charge < -0.3 is 9.90 Å². The van der Waals surface area contributed by atoms with Crippen LogP contribution < -0.4 is 56.5 Å². The third-order valence-corrected chi connectivity index (χ3v) is 0.632. The summed E-state index contributed by atoms with van der Waals surface area (Å²) in [6, 6.07) is 0. The second-order valence-electron chi connectivity index (χ2n) is 0.725. The quantitative estimate of drug-likeness (QED) is 0.286. The minimum Gasteiger partial charge on any atom is -0.533 e. The predicted octanol–water partition coefficient (Wildman–Crippen LogP) is -4.78. The summed E-state index contributed by atoms with van der Waals surface area (Å²) in [5.74, 6) is 0. The molecular weight excluding hydrogens is 163 g/mol. The van der Waals surface area contributed by atoms with E-state index < -0.39 is 15.4 Å². The topological polar surface area (TPSA) is 94.5 Å². The van der Waals surface area contributed by atoms with Gasteiger partial charge in [0.1, 0.15) is 0 Å². The van der Waals surface area contributed by atoms with Crippen LogP contribution in [0.25, 0.3) is 0 Å². The molecule has 0 aliphatic heterocycles. The summed E-state index contributed by atoms with van der Waals surface area (Å²) >= 11 is 0. The van der Waals surface area contributed by atoms with Gasteiger partial charge in [-0.25, -0.2) is 0 Å². The van der Waals surface area contributed by atoms with Crippen molar-refractivity contribution in [1.29, 1.82) is 0 Å². The van der Waals surface area contributed by atoms with Gasteiger partial charge in [-0.15, -0.1) is 0 Å². The van der Waals surface area contributed by atoms with E-state index in [0.717, 1.165) is 0 Å². The molecule has 0 aromatic carbocycles. The first kappa shape index (κ1) is 11.8. The van der Waals surface area contributed by atoms with Gasteiger partial charge in [-0.2, -0.15) is 8.42 Å². The van der Waals surface area contributed by atoms with E-state index >= 15 is 0 Å². The smallest absolute Gasteiger partial charge is 0.533 e. The summed E-state index contributed by atoms with van der Waals surface area (Å²) in [7, 11) is -4.94. The Hall–Kier alpha value is 1.02. The van der Waals surface area contributed by atoms with Crippen LogP contribution in [0.4, 0.5) is 4.79 Å². The molecule has 0 rings (SSSR count). The Kier molecular flexibility index (Phi) is 5.79. The summed E-state index contributed by atoms with van der Waals surface area (Å²) in [6.45, 7) is 0. The average Bonchev–Trinajstić information content (AvgIpc) is 1.31. The van der Waals surface area contributed by atoms with Crippen LogP contribution in [0.1, 0.15) is 0 Å². The third kappa shape index (κ3) is 5.16. The Morgan fingerprint density at radius 1 is 1.50 bits per heavy atom. The number of carbonyl (C=O) groups excluding carboxylic acids is 1. The molecule has 0 saturated carbocycles. The summed E-state index contributed by atoms with van der Waals surface area (Å²) in [6.07, 6.45) is 0. The maximum absolute atomic E-state index is 9.22. The number of carboxylic acid groups (broad SMARTS) is 1. The van der Waals surface area contributed by atoms with Crippen molar-refractivity contribution >= 4 is 15.4 Å². The second-order valence-corrected chi connectivity index (χ2v) is 2.01. The van der Waals surface area contributed by atoms with Gasteiger partial charge >= 0.3 is 61.5 Å². The van der Waals surface area contributed by atoms with Crippen molar-refractivity contribution in [3.8, 4) is 0 Å². The molecule has 1 N–H and O–H groups in total. The molecule has 0 amide bonds. The Bertz CT molecular complexity index is 167. The van der Waals surface area contributed by atoms with Gasteiger partial charge in [0, 0.05) is 0 Å². The average molecular weight is 164 g/mol. The molecule has 42 valence electrons. The van der Waals surface area contributed by atoms with Gasteiger partial charge in [-0.05, 0) is 0 Å². The van der Waals surface area contributed by atoms with Crippen molar-refractivity contribution in [3.63, 3.8) is 0 Å². The predicted molar refractivity (Wildman–Crippen MR) is 16.9 cm³/mol. The van der Waals surface area contributed by atoms with Crippen LogP contribution in [0, 0.1) is 0 Å². The van der Waals surface area contributed by atoms with Gasteiger partial charge in [0.05, 0.1) is 0 Å². The molecule has 0 aliphatic carbocycles. The summed E-state index contributed by atoms with van der Waals surface area (Å²) in [5.41, 5.74) is 0. The molecule has 0 heterocycles. The Labute approximate surface area is 88.2 Å². The molecule has 0 atom stereocenters. The normalized spacial score (nSPS) is 9.62. The van der Waals surface area contributed by atoms with Crippen LogP contribution in [0.2, 0.25) is 0 Å². The molecule has 0 aromatic rings. The van der Waals surface area contributed by atoms with Crippen LogP contribution in [0.5, 0.6) is 0 Å². The maximum Gasteiger partial charge on any atom is 1.00 e. The van der Waals surface area contributed by atoms with Gasteiger partial charge in [-0.1, -0.05) is 0 Å². The molecule has 0 unspecified atom stereocenters. The van der Waals surface area contributed by atoms with Crippen LogP contribution >= 0.6 is 0 Å². The first-order valence-electron chi connectivity index (χ1n) is 1.13.